The number of fused-ring (bicyclic) bond motifs is 1. The van der Waals surface area contributed by atoms with E-state index in [1.54, 1.807) is 38.1 Å². The second kappa shape index (κ2) is 6.40. The number of nitrogens with one attached hydrogen (secondary N) is 2. The molecule has 8 nitrogen and oxygen atoms in total. The highest BCUT2D eigenvalue weighted by molar-refractivity contribution is 5.77. The number of ether oxygens (including phenoxy) is 1. The Morgan fingerprint density at radius 2 is 2.25 bits per heavy atom. The molecule has 1 unspecified atom stereocenters. The molecule has 24 heavy (non-hydrogen) atoms. The van der Waals surface area contributed by atoms with E-state index in [0.717, 1.165) is 36.4 Å². The lowest BCUT2D eigenvalue weighted by atomic mass is 10.1. The van der Waals surface area contributed by atoms with Crippen LogP contribution in [0, 0.1) is 0 Å². The van der Waals surface area contributed by atoms with Crippen molar-refractivity contribution in [2.24, 2.45) is 0 Å². The van der Waals surface area contributed by atoms with Crippen molar-refractivity contribution < 1.29 is 4.74 Å². The lowest BCUT2D eigenvalue weighted by molar-refractivity contribution is 0.398. The van der Waals surface area contributed by atoms with Crippen LogP contribution in [0.25, 0.3) is 16.9 Å². The summed E-state index contributed by atoms with van der Waals surface area (Å²) in [6.45, 7) is 2.03. The van der Waals surface area contributed by atoms with E-state index in [1.807, 2.05) is 4.57 Å². The van der Waals surface area contributed by atoms with Crippen LogP contribution in [0.4, 0.5) is 5.82 Å². The number of imidazole rings is 1. The molecule has 8 heteroatoms. The zero-order chi connectivity index (χ0) is 16.4. The summed E-state index contributed by atoms with van der Waals surface area (Å²) in [6.07, 6.45) is 9.23. The first-order valence-corrected chi connectivity index (χ1v) is 8.00. The average Bonchev–Trinajstić information content (AvgIpc) is 3.06. The lowest BCUT2D eigenvalue weighted by Gasteiger charge is -2.24. The zero-order valence-electron chi connectivity index (χ0n) is 13.4. The van der Waals surface area contributed by atoms with Gasteiger partial charge < -0.3 is 15.4 Å². The minimum Gasteiger partial charge on any atom is -0.481 e. The maximum Gasteiger partial charge on any atom is 0.215 e. The molecule has 0 aromatic carbocycles. The molecule has 0 bridgehead atoms. The van der Waals surface area contributed by atoms with E-state index in [4.69, 9.17) is 4.74 Å². The largest absolute Gasteiger partial charge is 0.481 e. The molecule has 0 radical (unpaired) electrons. The van der Waals surface area contributed by atoms with Crippen molar-refractivity contribution in [1.82, 2.24) is 29.8 Å². The highest BCUT2D eigenvalue weighted by Crippen LogP contribution is 2.20. The Kier molecular flexibility index (Phi) is 3.96. The van der Waals surface area contributed by atoms with Crippen molar-refractivity contribution in [2.75, 3.05) is 25.5 Å². The number of hydrogen-bond acceptors (Lipinski definition) is 7. The summed E-state index contributed by atoms with van der Waals surface area (Å²) in [6, 6.07) is 2.18. The van der Waals surface area contributed by atoms with Crippen LogP contribution >= 0.6 is 0 Å². The molecule has 1 aliphatic rings. The zero-order valence-corrected chi connectivity index (χ0v) is 13.4. The van der Waals surface area contributed by atoms with Crippen LogP contribution in [0.5, 0.6) is 5.88 Å². The van der Waals surface area contributed by atoms with Crippen LogP contribution in [-0.4, -0.2) is 50.7 Å². The molecule has 1 aliphatic heterocycles. The molecule has 0 aliphatic carbocycles. The maximum absolute atomic E-state index is 5.14. The van der Waals surface area contributed by atoms with Gasteiger partial charge in [0.15, 0.2) is 5.82 Å². The van der Waals surface area contributed by atoms with Gasteiger partial charge in [0.05, 0.1) is 36.7 Å². The fourth-order valence-corrected chi connectivity index (χ4v) is 2.91. The predicted octanol–water partition coefficient (Wildman–Crippen LogP) is 1.38. The Morgan fingerprint density at radius 3 is 3.08 bits per heavy atom. The quantitative estimate of drug-likeness (QED) is 0.749. The molecule has 4 rings (SSSR count). The first kappa shape index (κ1) is 14.8. The molecule has 1 saturated heterocycles. The van der Waals surface area contributed by atoms with Crippen molar-refractivity contribution in [3.8, 4) is 11.7 Å². The van der Waals surface area contributed by atoms with Crippen LogP contribution in [0.15, 0.2) is 31.0 Å². The van der Waals surface area contributed by atoms with Crippen molar-refractivity contribution in [2.45, 2.75) is 18.9 Å². The van der Waals surface area contributed by atoms with Gasteiger partial charge in [-0.3, -0.25) is 9.55 Å². The molecular weight excluding hydrogens is 306 g/mol. The summed E-state index contributed by atoms with van der Waals surface area (Å²) in [4.78, 5) is 17.6. The average molecular weight is 325 g/mol. The molecule has 3 aromatic rings. The third kappa shape index (κ3) is 2.88. The van der Waals surface area contributed by atoms with Gasteiger partial charge in [-0.1, -0.05) is 0 Å². The Labute approximate surface area is 139 Å². The van der Waals surface area contributed by atoms with E-state index in [1.165, 1.54) is 6.42 Å². The minimum atomic E-state index is 0.383. The van der Waals surface area contributed by atoms with Crippen LogP contribution in [-0.2, 0) is 0 Å². The molecule has 0 spiro atoms. The van der Waals surface area contributed by atoms with Gasteiger partial charge in [0, 0.05) is 18.7 Å². The molecule has 0 amide bonds. The Balaban J connectivity index is 1.63. The normalized spacial score (nSPS) is 17.8. The highest BCUT2D eigenvalue weighted by Gasteiger charge is 2.14. The minimum absolute atomic E-state index is 0.383. The number of methoxy groups -OCH3 is 1. The van der Waals surface area contributed by atoms with Gasteiger partial charge in [0.2, 0.25) is 5.88 Å². The number of hydrogen-bond donors (Lipinski definition) is 2. The van der Waals surface area contributed by atoms with E-state index in [9.17, 15) is 0 Å². The number of piperidine rings is 1. The van der Waals surface area contributed by atoms with E-state index in [-0.39, 0.29) is 0 Å². The summed E-state index contributed by atoms with van der Waals surface area (Å²) in [5.74, 6) is 2.02. The van der Waals surface area contributed by atoms with Crippen molar-refractivity contribution >= 4 is 16.9 Å². The second-order valence-electron chi connectivity index (χ2n) is 5.78. The van der Waals surface area contributed by atoms with Gasteiger partial charge in [-0.05, 0) is 19.4 Å². The number of nitrogens with zero attached hydrogens (tertiary/aromatic N) is 5. The van der Waals surface area contributed by atoms with Crippen LogP contribution < -0.4 is 15.4 Å². The van der Waals surface area contributed by atoms with Gasteiger partial charge in [0.25, 0.3) is 0 Å². The summed E-state index contributed by atoms with van der Waals surface area (Å²) in [7, 11) is 1.59. The molecule has 1 fully saturated rings. The SMILES string of the molecule is COc1cc2ncn(-c3cncc(NC4CCCNC4)n3)c2cn1. The lowest BCUT2D eigenvalue weighted by Crippen LogP contribution is -2.38. The van der Waals surface area contributed by atoms with Crippen LogP contribution in [0.1, 0.15) is 12.8 Å². The molecule has 124 valence electrons. The van der Waals surface area contributed by atoms with E-state index >= 15 is 0 Å². The third-order valence-corrected chi connectivity index (χ3v) is 4.14. The third-order valence-electron chi connectivity index (χ3n) is 4.14. The summed E-state index contributed by atoms with van der Waals surface area (Å²) < 4.78 is 7.01. The Morgan fingerprint density at radius 1 is 1.29 bits per heavy atom. The number of pyridine rings is 1. The molecule has 4 heterocycles. The Hall–Kier alpha value is -2.74. The highest BCUT2D eigenvalue weighted by atomic mass is 16.5. The van der Waals surface area contributed by atoms with Gasteiger partial charge in [-0.15, -0.1) is 0 Å². The van der Waals surface area contributed by atoms with Crippen molar-refractivity contribution in [3.05, 3.63) is 31.0 Å². The van der Waals surface area contributed by atoms with Crippen molar-refractivity contribution in [3.63, 3.8) is 0 Å². The van der Waals surface area contributed by atoms with Gasteiger partial charge in [-0.2, -0.15) is 0 Å². The van der Waals surface area contributed by atoms with Crippen molar-refractivity contribution in [1.29, 1.82) is 0 Å². The maximum atomic E-state index is 5.14. The van der Waals surface area contributed by atoms with Gasteiger partial charge >= 0.3 is 0 Å². The van der Waals surface area contributed by atoms with E-state index in [0.29, 0.717) is 17.7 Å². The summed E-state index contributed by atoms with van der Waals surface area (Å²) in [5.41, 5.74) is 1.67. The first-order valence-electron chi connectivity index (χ1n) is 8.00. The molecule has 0 saturated carbocycles. The fraction of sp³-hybridized carbons (Fsp3) is 0.375. The van der Waals surface area contributed by atoms with Crippen LogP contribution in [0.3, 0.4) is 0 Å². The van der Waals surface area contributed by atoms with E-state index < -0.39 is 0 Å². The summed E-state index contributed by atoms with van der Waals surface area (Å²) in [5, 5.41) is 6.83. The van der Waals surface area contributed by atoms with Gasteiger partial charge in [-0.25, -0.2) is 15.0 Å². The smallest absolute Gasteiger partial charge is 0.215 e. The topological polar surface area (TPSA) is 89.8 Å². The molecule has 2 N–H and O–H groups in total. The monoisotopic (exact) mass is 325 g/mol. The number of rotatable bonds is 4. The fourth-order valence-electron chi connectivity index (χ4n) is 2.91. The summed E-state index contributed by atoms with van der Waals surface area (Å²) >= 11 is 0. The van der Waals surface area contributed by atoms with E-state index in [2.05, 4.69) is 30.6 Å². The van der Waals surface area contributed by atoms with Gasteiger partial charge in [0.1, 0.15) is 12.1 Å². The number of aromatic nitrogens is 5. The first-order chi connectivity index (χ1) is 11.8. The number of anilines is 1. The second-order valence-corrected chi connectivity index (χ2v) is 5.78. The predicted molar refractivity (Wildman–Crippen MR) is 90.5 cm³/mol. The Bertz CT molecular complexity index is 841. The van der Waals surface area contributed by atoms with Crippen LogP contribution in [0.2, 0.25) is 0 Å². The molecule has 1 atom stereocenters. The molecule has 3 aromatic heterocycles. The standard InChI is InChI=1S/C16H19N7O/c1-24-16-5-12-13(7-19-16)23(10-20-12)15-9-18-8-14(22-15)21-11-3-2-4-17-6-11/h5,7-11,17H,2-4,6H2,1H3,(H,21,22). The molecular formula is C16H19N7O.